The molecule has 1 fully saturated rings. The van der Waals surface area contributed by atoms with E-state index in [1.54, 1.807) is 0 Å². The van der Waals surface area contributed by atoms with Crippen molar-refractivity contribution >= 4 is 0 Å². The molecule has 3 atom stereocenters. The Bertz CT molecular complexity index is 192. The second kappa shape index (κ2) is 6.05. The van der Waals surface area contributed by atoms with Crippen LogP contribution in [-0.4, -0.2) is 12.1 Å². The van der Waals surface area contributed by atoms with Crippen molar-refractivity contribution < 1.29 is 0 Å². The summed E-state index contributed by atoms with van der Waals surface area (Å²) in [7, 11) is 0. The topological polar surface area (TPSA) is 12.0 Å². The fourth-order valence-electron chi connectivity index (χ4n) is 2.85. The van der Waals surface area contributed by atoms with Crippen LogP contribution in [0.5, 0.6) is 0 Å². The van der Waals surface area contributed by atoms with Crippen LogP contribution < -0.4 is 5.32 Å². The van der Waals surface area contributed by atoms with Gasteiger partial charge in [-0.2, -0.15) is 0 Å². The van der Waals surface area contributed by atoms with Gasteiger partial charge in [-0.25, -0.2) is 0 Å². The first-order chi connectivity index (χ1) is 7.43. The zero-order valence-corrected chi connectivity index (χ0v) is 12.0. The largest absolute Gasteiger partial charge is 0.312 e. The molecular formula is C15H31N. The third kappa shape index (κ3) is 4.45. The summed E-state index contributed by atoms with van der Waals surface area (Å²) < 4.78 is 0. The number of rotatable bonds is 3. The van der Waals surface area contributed by atoms with Gasteiger partial charge >= 0.3 is 0 Å². The molecule has 0 aromatic heterocycles. The van der Waals surface area contributed by atoms with Crippen LogP contribution in [0.3, 0.4) is 0 Å². The lowest BCUT2D eigenvalue weighted by Gasteiger charge is -2.30. The first-order valence-electron chi connectivity index (χ1n) is 7.19. The van der Waals surface area contributed by atoms with Crippen LogP contribution in [0.25, 0.3) is 0 Å². The van der Waals surface area contributed by atoms with Gasteiger partial charge in [0.2, 0.25) is 0 Å². The maximum Gasteiger partial charge on any atom is 0.00696 e. The van der Waals surface area contributed by atoms with Gasteiger partial charge in [-0.05, 0) is 50.4 Å². The smallest absolute Gasteiger partial charge is 0.00696 e. The monoisotopic (exact) mass is 225 g/mol. The van der Waals surface area contributed by atoms with Crippen molar-refractivity contribution in [3.8, 4) is 0 Å². The van der Waals surface area contributed by atoms with Gasteiger partial charge < -0.3 is 5.32 Å². The quantitative estimate of drug-likeness (QED) is 0.703. The van der Waals surface area contributed by atoms with E-state index < -0.39 is 0 Å². The van der Waals surface area contributed by atoms with Crippen LogP contribution in [0.1, 0.15) is 73.1 Å². The van der Waals surface area contributed by atoms with E-state index in [-0.39, 0.29) is 0 Å². The maximum atomic E-state index is 3.78. The summed E-state index contributed by atoms with van der Waals surface area (Å²) >= 11 is 0. The molecule has 0 spiro atoms. The lowest BCUT2D eigenvalue weighted by Crippen LogP contribution is -2.35. The lowest BCUT2D eigenvalue weighted by molar-refractivity contribution is 0.213. The van der Waals surface area contributed by atoms with Crippen molar-refractivity contribution in [3.63, 3.8) is 0 Å². The van der Waals surface area contributed by atoms with Crippen LogP contribution >= 0.6 is 0 Å². The third-order valence-electron chi connectivity index (χ3n) is 4.33. The van der Waals surface area contributed by atoms with E-state index in [1.807, 2.05) is 0 Å². The maximum absolute atomic E-state index is 3.78. The standard InChI is InChI=1S/C15H31N/c1-6-12(2)16-14-9-7-8-13(10-11-14)15(3,4)5/h12-14,16H,6-11H2,1-5H3. The average Bonchev–Trinajstić information content (AvgIpc) is 2.42. The molecule has 0 saturated heterocycles. The van der Waals surface area contributed by atoms with E-state index in [4.69, 9.17) is 0 Å². The van der Waals surface area contributed by atoms with Crippen LogP contribution in [0.4, 0.5) is 0 Å². The number of nitrogens with one attached hydrogen (secondary N) is 1. The minimum Gasteiger partial charge on any atom is -0.312 e. The van der Waals surface area contributed by atoms with Crippen LogP contribution in [0, 0.1) is 11.3 Å². The molecular weight excluding hydrogens is 194 g/mol. The molecule has 1 N–H and O–H groups in total. The summed E-state index contributed by atoms with van der Waals surface area (Å²) in [4.78, 5) is 0. The van der Waals surface area contributed by atoms with Crippen molar-refractivity contribution in [1.29, 1.82) is 0 Å². The first kappa shape index (κ1) is 14.0. The third-order valence-corrected chi connectivity index (χ3v) is 4.33. The van der Waals surface area contributed by atoms with E-state index in [0.717, 1.165) is 12.0 Å². The van der Waals surface area contributed by atoms with Gasteiger partial charge in [0.1, 0.15) is 0 Å². The second-order valence-corrected chi connectivity index (χ2v) is 6.74. The highest BCUT2D eigenvalue weighted by Crippen LogP contribution is 2.36. The van der Waals surface area contributed by atoms with E-state index in [1.165, 1.54) is 38.5 Å². The zero-order valence-electron chi connectivity index (χ0n) is 12.0. The van der Waals surface area contributed by atoms with Gasteiger partial charge in [-0.15, -0.1) is 0 Å². The van der Waals surface area contributed by atoms with Crippen molar-refractivity contribution in [2.45, 2.75) is 85.2 Å². The summed E-state index contributed by atoms with van der Waals surface area (Å²) in [5.74, 6) is 0.927. The Labute approximate surface area is 102 Å². The highest BCUT2D eigenvalue weighted by atomic mass is 14.9. The fraction of sp³-hybridized carbons (Fsp3) is 1.00. The normalized spacial score (nSPS) is 29.8. The highest BCUT2D eigenvalue weighted by Gasteiger charge is 2.27. The van der Waals surface area contributed by atoms with E-state index in [2.05, 4.69) is 39.9 Å². The molecule has 0 bridgehead atoms. The number of hydrogen-bond acceptors (Lipinski definition) is 1. The van der Waals surface area contributed by atoms with E-state index in [0.29, 0.717) is 11.5 Å². The van der Waals surface area contributed by atoms with E-state index in [9.17, 15) is 0 Å². The van der Waals surface area contributed by atoms with Crippen LogP contribution in [0.2, 0.25) is 0 Å². The van der Waals surface area contributed by atoms with Crippen molar-refractivity contribution in [1.82, 2.24) is 5.32 Å². The Kier molecular flexibility index (Phi) is 5.30. The molecule has 16 heavy (non-hydrogen) atoms. The SMILES string of the molecule is CCC(C)NC1CCCC(C(C)(C)C)CC1. The second-order valence-electron chi connectivity index (χ2n) is 6.74. The van der Waals surface area contributed by atoms with Crippen LogP contribution in [0.15, 0.2) is 0 Å². The molecule has 1 aliphatic carbocycles. The fourth-order valence-corrected chi connectivity index (χ4v) is 2.85. The predicted molar refractivity (Wildman–Crippen MR) is 72.7 cm³/mol. The van der Waals surface area contributed by atoms with Gasteiger partial charge in [0.25, 0.3) is 0 Å². The molecule has 3 unspecified atom stereocenters. The predicted octanol–water partition coefficient (Wildman–Crippen LogP) is 4.37. The molecule has 0 heterocycles. The van der Waals surface area contributed by atoms with Crippen molar-refractivity contribution in [2.24, 2.45) is 11.3 Å². The molecule has 0 aromatic rings. The van der Waals surface area contributed by atoms with Crippen LogP contribution in [-0.2, 0) is 0 Å². The Morgan fingerprint density at radius 3 is 2.38 bits per heavy atom. The highest BCUT2D eigenvalue weighted by molar-refractivity contribution is 4.82. The van der Waals surface area contributed by atoms with Crippen molar-refractivity contribution in [3.05, 3.63) is 0 Å². The number of hydrogen-bond donors (Lipinski definition) is 1. The Hall–Kier alpha value is -0.0400. The van der Waals surface area contributed by atoms with Gasteiger partial charge in [0.05, 0.1) is 0 Å². The molecule has 1 saturated carbocycles. The van der Waals surface area contributed by atoms with Crippen molar-refractivity contribution in [2.75, 3.05) is 0 Å². The van der Waals surface area contributed by atoms with Gasteiger partial charge in [0, 0.05) is 12.1 Å². The van der Waals surface area contributed by atoms with Gasteiger partial charge in [-0.3, -0.25) is 0 Å². The first-order valence-corrected chi connectivity index (χ1v) is 7.19. The zero-order chi connectivity index (χ0) is 12.2. The van der Waals surface area contributed by atoms with Gasteiger partial charge in [-0.1, -0.05) is 34.1 Å². The molecule has 0 aromatic carbocycles. The molecule has 1 aliphatic rings. The summed E-state index contributed by atoms with van der Waals surface area (Å²) in [6.07, 6.45) is 8.28. The molecule has 0 aliphatic heterocycles. The average molecular weight is 225 g/mol. The van der Waals surface area contributed by atoms with Gasteiger partial charge in [0.15, 0.2) is 0 Å². The minimum absolute atomic E-state index is 0.505. The lowest BCUT2D eigenvalue weighted by atomic mass is 9.76. The van der Waals surface area contributed by atoms with E-state index >= 15 is 0 Å². The molecule has 0 radical (unpaired) electrons. The molecule has 1 heteroatoms. The molecule has 1 nitrogen and oxygen atoms in total. The summed E-state index contributed by atoms with van der Waals surface area (Å²) in [6, 6.07) is 1.47. The molecule has 1 rings (SSSR count). The molecule has 96 valence electrons. The Morgan fingerprint density at radius 2 is 1.81 bits per heavy atom. The summed E-state index contributed by atoms with van der Waals surface area (Å²) in [5.41, 5.74) is 0.505. The minimum atomic E-state index is 0.505. The summed E-state index contributed by atoms with van der Waals surface area (Å²) in [6.45, 7) is 11.8. The Balaban J connectivity index is 2.40. The Morgan fingerprint density at radius 1 is 1.12 bits per heavy atom. The molecule has 0 amide bonds. The summed E-state index contributed by atoms with van der Waals surface area (Å²) in [5, 5.41) is 3.78.